The molecule has 1 aromatic carbocycles. The van der Waals surface area contributed by atoms with E-state index >= 15 is 0 Å². The molecule has 3 heteroatoms. The molecule has 0 amide bonds. The van der Waals surface area contributed by atoms with Crippen molar-refractivity contribution < 1.29 is 0 Å². The van der Waals surface area contributed by atoms with Gasteiger partial charge in [0.1, 0.15) is 0 Å². The second-order valence-corrected chi connectivity index (χ2v) is 6.15. The van der Waals surface area contributed by atoms with Gasteiger partial charge in [0.15, 0.2) is 0 Å². The highest BCUT2D eigenvalue weighted by Crippen LogP contribution is 2.27. The number of benzene rings is 1. The van der Waals surface area contributed by atoms with Crippen molar-refractivity contribution in [1.29, 1.82) is 0 Å². The van der Waals surface area contributed by atoms with E-state index in [1.54, 1.807) is 0 Å². The van der Waals surface area contributed by atoms with Crippen LogP contribution in [0.2, 0.25) is 0 Å². The molecule has 0 saturated heterocycles. The molecule has 0 atom stereocenters. The highest BCUT2D eigenvalue weighted by atomic mass is 15.3. The van der Waals surface area contributed by atoms with Crippen molar-refractivity contribution in [2.24, 2.45) is 11.7 Å². The SMILES string of the molecule is NCCc1ccccc1-c1cnn(CC2CCCCC2)c1. The van der Waals surface area contributed by atoms with E-state index in [0.717, 1.165) is 18.9 Å². The lowest BCUT2D eigenvalue weighted by molar-refractivity contribution is 0.308. The summed E-state index contributed by atoms with van der Waals surface area (Å²) in [4.78, 5) is 0. The van der Waals surface area contributed by atoms with Gasteiger partial charge in [-0.25, -0.2) is 0 Å². The fraction of sp³-hybridized carbons (Fsp3) is 0.500. The number of hydrogen-bond acceptors (Lipinski definition) is 2. The van der Waals surface area contributed by atoms with Crippen LogP contribution in [0.4, 0.5) is 0 Å². The predicted molar refractivity (Wildman–Crippen MR) is 87.0 cm³/mol. The molecule has 0 radical (unpaired) electrons. The van der Waals surface area contributed by atoms with Crippen LogP contribution in [0.15, 0.2) is 36.7 Å². The zero-order chi connectivity index (χ0) is 14.5. The number of hydrogen-bond donors (Lipinski definition) is 1. The van der Waals surface area contributed by atoms with E-state index in [1.165, 1.54) is 48.8 Å². The van der Waals surface area contributed by atoms with Crippen molar-refractivity contribution in [3.8, 4) is 11.1 Å². The molecule has 21 heavy (non-hydrogen) atoms. The van der Waals surface area contributed by atoms with Gasteiger partial charge < -0.3 is 5.73 Å². The fourth-order valence-electron chi connectivity index (χ4n) is 3.41. The Morgan fingerprint density at radius 2 is 1.95 bits per heavy atom. The summed E-state index contributed by atoms with van der Waals surface area (Å²) in [5, 5.41) is 4.57. The predicted octanol–water partition coefficient (Wildman–Crippen LogP) is 3.63. The van der Waals surface area contributed by atoms with Crippen molar-refractivity contribution in [3.63, 3.8) is 0 Å². The van der Waals surface area contributed by atoms with Crippen LogP contribution in [-0.2, 0) is 13.0 Å². The van der Waals surface area contributed by atoms with Gasteiger partial charge in [0.25, 0.3) is 0 Å². The largest absolute Gasteiger partial charge is 0.330 e. The topological polar surface area (TPSA) is 43.8 Å². The molecule has 1 saturated carbocycles. The van der Waals surface area contributed by atoms with E-state index in [2.05, 4.69) is 40.2 Å². The van der Waals surface area contributed by atoms with Gasteiger partial charge in [-0.05, 0) is 42.9 Å². The van der Waals surface area contributed by atoms with Crippen molar-refractivity contribution in [3.05, 3.63) is 42.2 Å². The van der Waals surface area contributed by atoms with Gasteiger partial charge >= 0.3 is 0 Å². The van der Waals surface area contributed by atoms with Crippen LogP contribution >= 0.6 is 0 Å². The zero-order valence-electron chi connectivity index (χ0n) is 12.7. The Balaban J connectivity index is 1.75. The average Bonchev–Trinajstić information content (AvgIpc) is 2.97. The highest BCUT2D eigenvalue weighted by Gasteiger charge is 2.15. The third-order valence-corrected chi connectivity index (χ3v) is 4.55. The molecule has 0 aliphatic heterocycles. The average molecular weight is 283 g/mol. The van der Waals surface area contributed by atoms with Gasteiger partial charge in [0.2, 0.25) is 0 Å². The maximum atomic E-state index is 5.72. The van der Waals surface area contributed by atoms with Gasteiger partial charge in [0, 0.05) is 18.3 Å². The Kier molecular flexibility index (Phi) is 4.71. The summed E-state index contributed by atoms with van der Waals surface area (Å²) in [5.74, 6) is 0.811. The highest BCUT2D eigenvalue weighted by molar-refractivity contribution is 5.66. The molecule has 2 N–H and O–H groups in total. The van der Waals surface area contributed by atoms with Crippen LogP contribution in [0.1, 0.15) is 37.7 Å². The summed E-state index contributed by atoms with van der Waals surface area (Å²) < 4.78 is 2.13. The second kappa shape index (κ2) is 6.90. The lowest BCUT2D eigenvalue weighted by Gasteiger charge is -2.21. The number of aromatic nitrogens is 2. The van der Waals surface area contributed by atoms with Crippen molar-refractivity contribution in [2.75, 3.05) is 6.54 Å². The van der Waals surface area contributed by atoms with Crippen LogP contribution in [-0.4, -0.2) is 16.3 Å². The van der Waals surface area contributed by atoms with Gasteiger partial charge in [-0.3, -0.25) is 4.68 Å². The Morgan fingerprint density at radius 1 is 1.14 bits per heavy atom. The molecule has 0 unspecified atom stereocenters. The first-order valence-corrected chi connectivity index (χ1v) is 8.17. The molecule has 1 fully saturated rings. The molecule has 1 heterocycles. The van der Waals surface area contributed by atoms with E-state index in [0.29, 0.717) is 6.54 Å². The normalized spacial score (nSPS) is 16.2. The molecule has 3 nitrogen and oxygen atoms in total. The van der Waals surface area contributed by atoms with Crippen molar-refractivity contribution in [2.45, 2.75) is 45.1 Å². The van der Waals surface area contributed by atoms with Crippen LogP contribution in [0, 0.1) is 5.92 Å². The summed E-state index contributed by atoms with van der Waals surface area (Å²) in [6, 6.07) is 8.52. The summed E-state index contributed by atoms with van der Waals surface area (Å²) in [5.41, 5.74) is 9.53. The Morgan fingerprint density at radius 3 is 2.76 bits per heavy atom. The zero-order valence-corrected chi connectivity index (χ0v) is 12.7. The Hall–Kier alpha value is -1.61. The van der Waals surface area contributed by atoms with Gasteiger partial charge in [-0.15, -0.1) is 0 Å². The van der Waals surface area contributed by atoms with Gasteiger partial charge in [-0.2, -0.15) is 5.10 Å². The van der Waals surface area contributed by atoms with E-state index in [-0.39, 0.29) is 0 Å². The quantitative estimate of drug-likeness (QED) is 0.910. The number of rotatable bonds is 5. The summed E-state index contributed by atoms with van der Waals surface area (Å²) in [7, 11) is 0. The minimum atomic E-state index is 0.688. The van der Waals surface area contributed by atoms with E-state index < -0.39 is 0 Å². The monoisotopic (exact) mass is 283 g/mol. The number of nitrogens with zero attached hydrogens (tertiary/aromatic N) is 2. The first kappa shape index (κ1) is 14.3. The van der Waals surface area contributed by atoms with Crippen LogP contribution in [0.25, 0.3) is 11.1 Å². The lowest BCUT2D eigenvalue weighted by Crippen LogP contribution is -2.14. The lowest BCUT2D eigenvalue weighted by atomic mass is 9.89. The third-order valence-electron chi connectivity index (χ3n) is 4.55. The molecule has 3 rings (SSSR count). The minimum absolute atomic E-state index is 0.688. The maximum absolute atomic E-state index is 5.72. The maximum Gasteiger partial charge on any atom is 0.0568 e. The summed E-state index contributed by atoms with van der Waals surface area (Å²) in [6.45, 7) is 1.76. The van der Waals surface area contributed by atoms with Crippen LogP contribution in [0.5, 0.6) is 0 Å². The van der Waals surface area contributed by atoms with Crippen LogP contribution < -0.4 is 5.73 Å². The van der Waals surface area contributed by atoms with E-state index in [1.807, 2.05) is 6.20 Å². The standard InChI is InChI=1S/C18H25N3/c19-11-10-16-8-4-5-9-18(16)17-12-20-21(14-17)13-15-6-2-1-3-7-15/h4-5,8-9,12,14-15H,1-3,6-7,10-11,13,19H2. The van der Waals surface area contributed by atoms with Crippen molar-refractivity contribution in [1.82, 2.24) is 9.78 Å². The molecule has 1 aliphatic carbocycles. The van der Waals surface area contributed by atoms with Crippen molar-refractivity contribution >= 4 is 0 Å². The molecular formula is C18H25N3. The third kappa shape index (κ3) is 3.53. The van der Waals surface area contributed by atoms with Gasteiger partial charge in [-0.1, -0.05) is 43.5 Å². The first-order valence-electron chi connectivity index (χ1n) is 8.17. The summed E-state index contributed by atoms with van der Waals surface area (Å²) in [6.07, 6.45) is 12.0. The Labute approximate surface area is 127 Å². The van der Waals surface area contributed by atoms with Gasteiger partial charge in [0.05, 0.1) is 6.20 Å². The minimum Gasteiger partial charge on any atom is -0.330 e. The second-order valence-electron chi connectivity index (χ2n) is 6.15. The smallest absolute Gasteiger partial charge is 0.0568 e. The molecule has 1 aliphatic rings. The molecule has 112 valence electrons. The molecule has 2 aromatic rings. The summed E-state index contributed by atoms with van der Waals surface area (Å²) >= 11 is 0. The molecular weight excluding hydrogens is 258 g/mol. The Bertz CT molecular complexity index is 567. The molecule has 0 bridgehead atoms. The molecule has 1 aromatic heterocycles. The van der Waals surface area contributed by atoms with Crippen LogP contribution in [0.3, 0.4) is 0 Å². The number of nitrogens with two attached hydrogens (primary N) is 1. The molecule has 0 spiro atoms. The fourth-order valence-corrected chi connectivity index (χ4v) is 3.41. The first-order chi connectivity index (χ1) is 10.4. The van der Waals surface area contributed by atoms with E-state index in [9.17, 15) is 0 Å². The van der Waals surface area contributed by atoms with E-state index in [4.69, 9.17) is 5.73 Å².